The Morgan fingerprint density at radius 2 is 2.08 bits per heavy atom. The van der Waals surface area contributed by atoms with Gasteiger partial charge in [-0.3, -0.25) is 9.59 Å². The van der Waals surface area contributed by atoms with Crippen molar-refractivity contribution in [1.29, 1.82) is 0 Å². The van der Waals surface area contributed by atoms with Crippen molar-refractivity contribution in [2.24, 2.45) is 0 Å². The van der Waals surface area contributed by atoms with Crippen LogP contribution in [0.3, 0.4) is 0 Å². The minimum absolute atomic E-state index is 0.0774. The van der Waals surface area contributed by atoms with Crippen molar-refractivity contribution in [3.05, 3.63) is 51.5 Å². The molecule has 1 aliphatic heterocycles. The molecule has 1 fully saturated rings. The van der Waals surface area contributed by atoms with Gasteiger partial charge in [-0.05, 0) is 18.9 Å². The first-order valence-electron chi connectivity index (χ1n) is 8.51. The number of likely N-dealkylation sites (tertiary alicyclic amines) is 1. The molecule has 138 valence electrons. The largest absolute Gasteiger partial charge is 0.481 e. The maximum Gasteiger partial charge on any atom is 0.305 e. The number of ether oxygens (including phenoxy) is 1. The number of aliphatic carboxylic acids is 1. The summed E-state index contributed by atoms with van der Waals surface area (Å²) in [6, 6.07) is 7.88. The summed E-state index contributed by atoms with van der Waals surface area (Å²) in [4.78, 5) is 30.0. The van der Waals surface area contributed by atoms with E-state index in [2.05, 4.69) is 29.2 Å². The van der Waals surface area contributed by atoms with Gasteiger partial charge in [-0.2, -0.15) is 0 Å². The first kappa shape index (κ1) is 18.5. The van der Waals surface area contributed by atoms with Crippen LogP contribution >= 0.6 is 11.3 Å². The van der Waals surface area contributed by atoms with E-state index in [1.54, 1.807) is 17.4 Å². The summed E-state index contributed by atoms with van der Waals surface area (Å²) >= 11 is 1.45. The number of carboxylic acids is 1. The minimum atomic E-state index is -0.914. The van der Waals surface area contributed by atoms with Crippen LogP contribution in [0.4, 0.5) is 0 Å². The molecule has 7 heteroatoms. The van der Waals surface area contributed by atoms with E-state index in [0.717, 1.165) is 10.6 Å². The zero-order chi connectivity index (χ0) is 18.7. The Kier molecular flexibility index (Phi) is 5.68. The third-order valence-corrected chi connectivity index (χ3v) is 5.48. The summed E-state index contributed by atoms with van der Waals surface area (Å²) in [7, 11) is 1.58. The molecule has 0 spiro atoms. The highest BCUT2D eigenvalue weighted by Gasteiger charge is 2.37. The quantitative estimate of drug-likeness (QED) is 0.841. The normalized spacial score (nSPS) is 19.7. The molecule has 1 aromatic carbocycles. The van der Waals surface area contributed by atoms with Gasteiger partial charge in [0.05, 0.1) is 17.5 Å². The Morgan fingerprint density at radius 1 is 1.35 bits per heavy atom. The second-order valence-corrected chi connectivity index (χ2v) is 7.53. The standard InChI is InChI=1S/C19H22N2O4S/c1-12-3-5-13(6-4-12)7-17-20-16(11-26-17)19(24)21-10-15(25-2)8-14(21)9-18(22)23/h3-6,11,14-15H,7-10H2,1-2H3,(H,22,23). The Hall–Kier alpha value is -2.25. The fourth-order valence-corrected chi connectivity index (χ4v) is 4.01. The van der Waals surface area contributed by atoms with Gasteiger partial charge in [0.2, 0.25) is 0 Å². The van der Waals surface area contributed by atoms with Crippen molar-refractivity contribution in [2.75, 3.05) is 13.7 Å². The molecule has 0 bridgehead atoms. The molecule has 1 amide bonds. The number of aromatic nitrogens is 1. The number of nitrogens with zero attached hydrogens (tertiary/aromatic N) is 2. The number of benzene rings is 1. The van der Waals surface area contributed by atoms with E-state index in [1.165, 1.54) is 16.9 Å². The zero-order valence-electron chi connectivity index (χ0n) is 14.8. The second kappa shape index (κ2) is 7.97. The molecule has 26 heavy (non-hydrogen) atoms. The molecule has 0 radical (unpaired) electrons. The van der Waals surface area contributed by atoms with Gasteiger partial charge in [0.25, 0.3) is 5.91 Å². The summed E-state index contributed by atoms with van der Waals surface area (Å²) in [6.07, 6.45) is 1.01. The van der Waals surface area contributed by atoms with E-state index in [-0.39, 0.29) is 24.5 Å². The topological polar surface area (TPSA) is 79.7 Å². The highest BCUT2D eigenvalue weighted by molar-refractivity contribution is 7.09. The van der Waals surface area contributed by atoms with Crippen molar-refractivity contribution in [3.63, 3.8) is 0 Å². The lowest BCUT2D eigenvalue weighted by Crippen LogP contribution is -2.37. The first-order valence-corrected chi connectivity index (χ1v) is 9.39. The monoisotopic (exact) mass is 374 g/mol. The molecule has 1 aliphatic rings. The van der Waals surface area contributed by atoms with Gasteiger partial charge in [0, 0.05) is 31.5 Å². The van der Waals surface area contributed by atoms with Crippen molar-refractivity contribution in [1.82, 2.24) is 9.88 Å². The van der Waals surface area contributed by atoms with E-state index in [4.69, 9.17) is 9.84 Å². The Bertz CT molecular complexity index is 787. The molecule has 2 heterocycles. The van der Waals surface area contributed by atoms with E-state index in [0.29, 0.717) is 25.1 Å². The van der Waals surface area contributed by atoms with Crippen LogP contribution in [-0.2, 0) is 16.0 Å². The third kappa shape index (κ3) is 4.28. The average Bonchev–Trinajstić information content (AvgIpc) is 3.23. The molecule has 2 aromatic rings. The van der Waals surface area contributed by atoms with Crippen LogP contribution in [0.2, 0.25) is 0 Å². The molecule has 2 atom stereocenters. The minimum Gasteiger partial charge on any atom is -0.481 e. The van der Waals surface area contributed by atoms with Crippen molar-refractivity contribution >= 4 is 23.2 Å². The van der Waals surface area contributed by atoms with Crippen LogP contribution in [0.25, 0.3) is 0 Å². The summed E-state index contributed by atoms with van der Waals surface area (Å²) in [6.45, 7) is 2.44. The first-order chi connectivity index (χ1) is 12.5. The lowest BCUT2D eigenvalue weighted by atomic mass is 10.1. The summed E-state index contributed by atoms with van der Waals surface area (Å²) in [5, 5.41) is 11.7. The number of amides is 1. The Morgan fingerprint density at radius 3 is 2.73 bits per heavy atom. The highest BCUT2D eigenvalue weighted by Crippen LogP contribution is 2.25. The van der Waals surface area contributed by atoms with Gasteiger partial charge in [-0.25, -0.2) is 4.98 Å². The van der Waals surface area contributed by atoms with Gasteiger partial charge < -0.3 is 14.7 Å². The predicted molar refractivity (Wildman–Crippen MR) is 98.6 cm³/mol. The molecule has 2 unspecified atom stereocenters. The molecule has 3 rings (SSSR count). The molecule has 6 nitrogen and oxygen atoms in total. The summed E-state index contributed by atoms with van der Waals surface area (Å²) in [5.74, 6) is -1.13. The number of thiazole rings is 1. The summed E-state index contributed by atoms with van der Waals surface area (Å²) in [5.41, 5.74) is 2.73. The van der Waals surface area contributed by atoms with Gasteiger partial charge in [-0.15, -0.1) is 11.3 Å². The van der Waals surface area contributed by atoms with E-state index in [1.807, 2.05) is 6.92 Å². The van der Waals surface area contributed by atoms with Crippen molar-refractivity contribution in [3.8, 4) is 0 Å². The maximum atomic E-state index is 12.8. The number of hydrogen-bond donors (Lipinski definition) is 1. The lowest BCUT2D eigenvalue weighted by molar-refractivity contribution is -0.138. The third-order valence-electron chi connectivity index (χ3n) is 4.63. The van der Waals surface area contributed by atoms with Gasteiger partial charge in [-0.1, -0.05) is 29.8 Å². The number of hydrogen-bond acceptors (Lipinski definition) is 5. The maximum absolute atomic E-state index is 12.8. The highest BCUT2D eigenvalue weighted by atomic mass is 32.1. The van der Waals surface area contributed by atoms with Crippen LogP contribution < -0.4 is 0 Å². The smallest absolute Gasteiger partial charge is 0.305 e. The summed E-state index contributed by atoms with van der Waals surface area (Å²) < 4.78 is 5.33. The Balaban J connectivity index is 1.72. The molecule has 0 saturated carbocycles. The fourth-order valence-electron chi connectivity index (χ4n) is 3.21. The molecular weight excluding hydrogens is 352 g/mol. The molecule has 1 N–H and O–H groups in total. The van der Waals surface area contributed by atoms with Crippen LogP contribution in [0, 0.1) is 6.92 Å². The SMILES string of the molecule is COC1CC(CC(=O)O)N(C(=O)c2csc(Cc3ccc(C)cc3)n2)C1. The molecular formula is C19H22N2O4S. The van der Waals surface area contributed by atoms with Crippen LogP contribution in [0.1, 0.15) is 39.5 Å². The predicted octanol–water partition coefficient (Wildman–Crippen LogP) is 2.75. The number of aryl methyl sites for hydroxylation is 1. The van der Waals surface area contributed by atoms with Crippen molar-refractivity contribution in [2.45, 2.75) is 38.3 Å². The van der Waals surface area contributed by atoms with E-state index in [9.17, 15) is 9.59 Å². The molecule has 0 aliphatic carbocycles. The van der Waals surface area contributed by atoms with Gasteiger partial charge in [0.1, 0.15) is 5.69 Å². The van der Waals surface area contributed by atoms with E-state index >= 15 is 0 Å². The fraction of sp³-hybridized carbons (Fsp3) is 0.421. The average molecular weight is 374 g/mol. The van der Waals surface area contributed by atoms with Crippen LogP contribution in [-0.4, -0.2) is 52.7 Å². The number of carbonyl (C=O) groups excluding carboxylic acids is 1. The lowest BCUT2D eigenvalue weighted by Gasteiger charge is -2.22. The number of carbonyl (C=O) groups is 2. The Labute approximate surface area is 156 Å². The van der Waals surface area contributed by atoms with E-state index < -0.39 is 5.97 Å². The van der Waals surface area contributed by atoms with Crippen LogP contribution in [0.5, 0.6) is 0 Å². The van der Waals surface area contributed by atoms with Crippen LogP contribution in [0.15, 0.2) is 29.6 Å². The van der Waals surface area contributed by atoms with Gasteiger partial charge >= 0.3 is 5.97 Å². The molecule has 1 aromatic heterocycles. The van der Waals surface area contributed by atoms with Gasteiger partial charge in [0.15, 0.2) is 0 Å². The zero-order valence-corrected chi connectivity index (χ0v) is 15.7. The second-order valence-electron chi connectivity index (χ2n) is 6.59. The number of methoxy groups -OCH3 is 1. The number of rotatable bonds is 6. The van der Waals surface area contributed by atoms with Crippen molar-refractivity contribution < 1.29 is 19.4 Å². The molecule has 1 saturated heterocycles. The number of carboxylic acid groups (broad SMARTS) is 1.